The lowest BCUT2D eigenvalue weighted by molar-refractivity contribution is 0.226. The maximum Gasteiger partial charge on any atom is 0.243 e. The lowest BCUT2D eigenvalue weighted by Crippen LogP contribution is -2.27. The van der Waals surface area contributed by atoms with E-state index in [2.05, 4.69) is 20.5 Å². The molecule has 0 aliphatic rings. The predicted octanol–water partition coefficient (Wildman–Crippen LogP) is 0.917. The van der Waals surface area contributed by atoms with Gasteiger partial charge in [-0.25, -0.2) is 4.98 Å². The molecule has 0 aliphatic heterocycles. The first kappa shape index (κ1) is 11.8. The first-order valence-electron chi connectivity index (χ1n) is 5.10. The van der Waals surface area contributed by atoms with Crippen LogP contribution in [0.5, 0.6) is 0 Å². The molecule has 2 atom stereocenters. The number of hydrogen-bond donors (Lipinski definition) is 2. The van der Waals surface area contributed by atoms with Crippen LogP contribution < -0.4 is 5.32 Å². The molecule has 0 bridgehead atoms. The molecule has 15 heavy (non-hydrogen) atoms. The highest BCUT2D eigenvalue weighted by Crippen LogP contribution is 2.08. The van der Waals surface area contributed by atoms with E-state index in [4.69, 9.17) is 5.11 Å². The van der Waals surface area contributed by atoms with Gasteiger partial charge in [-0.2, -0.15) is 5.10 Å². The Morgan fingerprint density at radius 3 is 2.40 bits per heavy atom. The van der Waals surface area contributed by atoms with Crippen molar-refractivity contribution in [2.45, 2.75) is 33.7 Å². The Kier molecular flexibility index (Phi) is 3.96. The molecule has 0 radical (unpaired) electrons. The zero-order valence-corrected chi connectivity index (χ0v) is 9.65. The number of aromatic nitrogens is 3. The fraction of sp³-hybridized carbons (Fsp3) is 0.700. The topological polar surface area (TPSA) is 70.9 Å². The highest BCUT2D eigenvalue weighted by molar-refractivity contribution is 5.26. The second kappa shape index (κ2) is 5.02. The zero-order chi connectivity index (χ0) is 11.4. The third kappa shape index (κ3) is 3.13. The molecule has 0 amide bonds. The molecule has 1 aromatic heterocycles. The lowest BCUT2D eigenvalue weighted by Gasteiger charge is -2.18. The molecule has 0 fully saturated rings. The van der Waals surface area contributed by atoms with Gasteiger partial charge >= 0.3 is 0 Å². The Labute approximate surface area is 90.0 Å². The molecule has 84 valence electrons. The number of aliphatic hydroxyl groups is 1. The van der Waals surface area contributed by atoms with Gasteiger partial charge in [-0.05, 0) is 26.7 Å². The molecular weight excluding hydrogens is 192 g/mol. The van der Waals surface area contributed by atoms with Crippen molar-refractivity contribution in [3.63, 3.8) is 0 Å². The second-order valence-electron chi connectivity index (χ2n) is 3.90. The SMILES string of the molecule is Cc1nnc(NC(C)C(C)CO)nc1C. The number of anilines is 1. The third-order valence-electron chi connectivity index (χ3n) is 2.59. The summed E-state index contributed by atoms with van der Waals surface area (Å²) in [5.74, 6) is 0.682. The number of aryl methyl sites for hydroxylation is 2. The normalized spacial score (nSPS) is 14.7. The lowest BCUT2D eigenvalue weighted by atomic mass is 10.1. The summed E-state index contributed by atoms with van der Waals surface area (Å²) in [6.07, 6.45) is 0. The van der Waals surface area contributed by atoms with E-state index >= 15 is 0 Å². The van der Waals surface area contributed by atoms with Gasteiger partial charge in [-0.3, -0.25) is 0 Å². The molecule has 2 unspecified atom stereocenters. The van der Waals surface area contributed by atoms with Crippen molar-refractivity contribution in [1.29, 1.82) is 0 Å². The van der Waals surface area contributed by atoms with Gasteiger partial charge in [0.15, 0.2) is 0 Å². The molecule has 5 heteroatoms. The third-order valence-corrected chi connectivity index (χ3v) is 2.59. The average molecular weight is 210 g/mol. The van der Waals surface area contributed by atoms with Crippen LogP contribution in [0.1, 0.15) is 25.2 Å². The van der Waals surface area contributed by atoms with Crippen LogP contribution in [0.2, 0.25) is 0 Å². The van der Waals surface area contributed by atoms with E-state index in [1.54, 1.807) is 0 Å². The van der Waals surface area contributed by atoms with Gasteiger partial charge in [-0.1, -0.05) is 6.92 Å². The summed E-state index contributed by atoms with van der Waals surface area (Å²) in [6.45, 7) is 7.87. The van der Waals surface area contributed by atoms with E-state index in [0.29, 0.717) is 5.95 Å². The van der Waals surface area contributed by atoms with Gasteiger partial charge < -0.3 is 10.4 Å². The van der Waals surface area contributed by atoms with Crippen molar-refractivity contribution in [2.75, 3.05) is 11.9 Å². The maximum atomic E-state index is 8.99. The zero-order valence-electron chi connectivity index (χ0n) is 9.65. The maximum absolute atomic E-state index is 8.99. The molecule has 1 heterocycles. The molecule has 1 aromatic rings. The van der Waals surface area contributed by atoms with Gasteiger partial charge in [0.2, 0.25) is 5.95 Å². The van der Waals surface area contributed by atoms with E-state index in [-0.39, 0.29) is 18.6 Å². The van der Waals surface area contributed by atoms with Crippen molar-refractivity contribution >= 4 is 5.95 Å². The van der Waals surface area contributed by atoms with Crippen LogP contribution in [0.3, 0.4) is 0 Å². The summed E-state index contributed by atoms with van der Waals surface area (Å²) in [7, 11) is 0. The highest BCUT2D eigenvalue weighted by atomic mass is 16.3. The molecule has 0 spiro atoms. The van der Waals surface area contributed by atoms with E-state index < -0.39 is 0 Å². The van der Waals surface area contributed by atoms with Crippen molar-refractivity contribution in [1.82, 2.24) is 15.2 Å². The average Bonchev–Trinajstić information content (AvgIpc) is 2.22. The minimum absolute atomic E-state index is 0.124. The second-order valence-corrected chi connectivity index (χ2v) is 3.90. The molecule has 0 saturated carbocycles. The Morgan fingerprint density at radius 1 is 1.20 bits per heavy atom. The summed E-state index contributed by atoms with van der Waals surface area (Å²) in [4.78, 5) is 4.26. The summed E-state index contributed by atoms with van der Waals surface area (Å²) in [5.41, 5.74) is 1.71. The number of rotatable bonds is 4. The minimum atomic E-state index is 0.124. The summed E-state index contributed by atoms with van der Waals surface area (Å²) < 4.78 is 0. The largest absolute Gasteiger partial charge is 0.396 e. The molecule has 0 saturated heterocycles. The van der Waals surface area contributed by atoms with Crippen LogP contribution in [-0.2, 0) is 0 Å². The van der Waals surface area contributed by atoms with Crippen LogP contribution in [-0.4, -0.2) is 32.9 Å². The Bertz CT molecular complexity index is 329. The van der Waals surface area contributed by atoms with Crippen molar-refractivity contribution in [2.24, 2.45) is 5.92 Å². The number of nitrogens with zero attached hydrogens (tertiary/aromatic N) is 3. The standard InChI is InChI=1S/C10H18N4O/c1-6(5-15)7(2)11-10-12-8(3)9(4)13-14-10/h6-7,15H,5H2,1-4H3,(H,11,12,14). The quantitative estimate of drug-likeness (QED) is 0.773. The molecule has 0 aliphatic carbocycles. The first-order valence-corrected chi connectivity index (χ1v) is 5.10. The minimum Gasteiger partial charge on any atom is -0.396 e. The molecular formula is C10H18N4O. The van der Waals surface area contributed by atoms with Crippen LogP contribution in [0, 0.1) is 19.8 Å². The number of aliphatic hydroxyl groups excluding tert-OH is 1. The smallest absolute Gasteiger partial charge is 0.243 e. The molecule has 5 nitrogen and oxygen atoms in total. The van der Waals surface area contributed by atoms with E-state index in [1.165, 1.54) is 0 Å². The molecule has 2 N–H and O–H groups in total. The highest BCUT2D eigenvalue weighted by Gasteiger charge is 2.12. The van der Waals surface area contributed by atoms with E-state index in [1.807, 2.05) is 27.7 Å². The van der Waals surface area contributed by atoms with Crippen LogP contribution >= 0.6 is 0 Å². The molecule has 0 aromatic carbocycles. The monoisotopic (exact) mass is 210 g/mol. The fourth-order valence-electron chi connectivity index (χ4n) is 1.02. The Morgan fingerprint density at radius 2 is 1.87 bits per heavy atom. The van der Waals surface area contributed by atoms with E-state index in [0.717, 1.165) is 11.4 Å². The molecule has 1 rings (SSSR count). The van der Waals surface area contributed by atoms with Crippen molar-refractivity contribution in [3.8, 4) is 0 Å². The Hall–Kier alpha value is -1.23. The van der Waals surface area contributed by atoms with Gasteiger partial charge in [0.25, 0.3) is 0 Å². The van der Waals surface area contributed by atoms with E-state index in [9.17, 15) is 0 Å². The van der Waals surface area contributed by atoms with Crippen LogP contribution in [0.4, 0.5) is 5.95 Å². The van der Waals surface area contributed by atoms with Gasteiger partial charge in [-0.15, -0.1) is 5.10 Å². The Balaban J connectivity index is 2.68. The summed E-state index contributed by atoms with van der Waals surface area (Å²) >= 11 is 0. The summed E-state index contributed by atoms with van der Waals surface area (Å²) in [5, 5.41) is 20.0. The number of hydrogen-bond acceptors (Lipinski definition) is 5. The van der Waals surface area contributed by atoms with Crippen LogP contribution in [0.15, 0.2) is 0 Å². The van der Waals surface area contributed by atoms with Crippen molar-refractivity contribution < 1.29 is 5.11 Å². The van der Waals surface area contributed by atoms with Crippen molar-refractivity contribution in [3.05, 3.63) is 11.4 Å². The van der Waals surface area contributed by atoms with Gasteiger partial charge in [0, 0.05) is 12.6 Å². The predicted molar refractivity (Wildman–Crippen MR) is 58.6 cm³/mol. The number of nitrogens with one attached hydrogen (secondary N) is 1. The summed E-state index contributed by atoms with van der Waals surface area (Å²) in [6, 6.07) is 0.124. The van der Waals surface area contributed by atoms with Crippen LogP contribution in [0.25, 0.3) is 0 Å². The van der Waals surface area contributed by atoms with Gasteiger partial charge in [0.1, 0.15) is 0 Å². The first-order chi connectivity index (χ1) is 7.04. The van der Waals surface area contributed by atoms with Gasteiger partial charge in [0.05, 0.1) is 11.4 Å². The fourth-order valence-corrected chi connectivity index (χ4v) is 1.02.